The van der Waals surface area contributed by atoms with E-state index in [1.165, 1.54) is 0 Å². The summed E-state index contributed by atoms with van der Waals surface area (Å²) in [6, 6.07) is 13.4. The van der Waals surface area contributed by atoms with E-state index in [9.17, 15) is 4.21 Å². The summed E-state index contributed by atoms with van der Waals surface area (Å²) in [4.78, 5) is 0. The summed E-state index contributed by atoms with van der Waals surface area (Å²) >= 11 is 0. The highest BCUT2D eigenvalue weighted by atomic mass is 32.2. The number of hydrogen-bond acceptors (Lipinski definition) is 4. The Balaban J connectivity index is 1.74. The first-order chi connectivity index (χ1) is 10.2. The van der Waals surface area contributed by atoms with E-state index >= 15 is 0 Å². The predicted octanol–water partition coefficient (Wildman–Crippen LogP) is 2.49. The van der Waals surface area contributed by atoms with Gasteiger partial charge in [-0.2, -0.15) is 0 Å². The van der Waals surface area contributed by atoms with Gasteiger partial charge < -0.3 is 15.2 Å². The maximum Gasteiger partial charge on any atom is 0.163 e. The quantitative estimate of drug-likeness (QED) is 0.882. The molecule has 5 heteroatoms. The summed E-state index contributed by atoms with van der Waals surface area (Å²) in [5, 5.41) is 0. The minimum Gasteiger partial charge on any atom is -0.486 e. The Morgan fingerprint density at radius 2 is 1.67 bits per heavy atom. The molecular weight excluding hydrogens is 286 g/mol. The first kappa shape index (κ1) is 13.9. The topological polar surface area (TPSA) is 61.6 Å². The van der Waals surface area contributed by atoms with Gasteiger partial charge in [0, 0.05) is 28.3 Å². The summed E-state index contributed by atoms with van der Waals surface area (Å²) in [7, 11) is -1.01. The van der Waals surface area contributed by atoms with E-state index in [0.29, 0.717) is 41.9 Å². The van der Waals surface area contributed by atoms with E-state index in [-0.39, 0.29) is 0 Å². The largest absolute Gasteiger partial charge is 0.486 e. The molecule has 0 bridgehead atoms. The summed E-state index contributed by atoms with van der Waals surface area (Å²) in [6.07, 6.45) is 0. The van der Waals surface area contributed by atoms with E-state index in [1.54, 1.807) is 6.07 Å². The Hall–Kier alpha value is -2.01. The number of benzene rings is 2. The fourth-order valence-electron chi connectivity index (χ4n) is 2.26. The molecule has 0 aromatic heterocycles. The van der Waals surface area contributed by atoms with Crippen molar-refractivity contribution in [1.82, 2.24) is 0 Å². The van der Waals surface area contributed by atoms with Crippen molar-refractivity contribution in [2.75, 3.05) is 18.9 Å². The zero-order valence-corrected chi connectivity index (χ0v) is 12.4. The SMILES string of the molecule is Nc1cc2c(cc1CS(=O)Cc1ccccc1)OCCO2. The standard InChI is InChI=1S/C16H17NO3S/c17-14-9-16-15(19-6-7-20-16)8-13(14)11-21(18)10-12-4-2-1-3-5-12/h1-5,8-9H,6-7,10-11,17H2. The van der Waals surface area contributed by atoms with Gasteiger partial charge in [0.05, 0.1) is 5.75 Å². The molecule has 110 valence electrons. The van der Waals surface area contributed by atoms with E-state index < -0.39 is 10.8 Å². The van der Waals surface area contributed by atoms with Gasteiger partial charge in [0.1, 0.15) is 13.2 Å². The molecule has 0 radical (unpaired) electrons. The molecule has 1 aliphatic heterocycles. The van der Waals surface area contributed by atoms with Crippen LogP contribution in [0.2, 0.25) is 0 Å². The fourth-order valence-corrected chi connectivity index (χ4v) is 3.52. The molecule has 1 heterocycles. The molecule has 1 atom stereocenters. The smallest absolute Gasteiger partial charge is 0.163 e. The maximum absolute atomic E-state index is 12.3. The highest BCUT2D eigenvalue weighted by molar-refractivity contribution is 7.83. The fraction of sp³-hybridized carbons (Fsp3) is 0.250. The van der Waals surface area contributed by atoms with Crippen molar-refractivity contribution < 1.29 is 13.7 Å². The van der Waals surface area contributed by atoms with Crippen molar-refractivity contribution in [3.05, 3.63) is 53.6 Å². The van der Waals surface area contributed by atoms with Crippen LogP contribution in [-0.4, -0.2) is 17.4 Å². The molecule has 2 aromatic rings. The second-order valence-electron chi connectivity index (χ2n) is 4.91. The lowest BCUT2D eigenvalue weighted by molar-refractivity contribution is 0.171. The number of nitrogen functional groups attached to an aromatic ring is 1. The molecule has 0 spiro atoms. The predicted molar refractivity (Wildman–Crippen MR) is 83.8 cm³/mol. The average molecular weight is 303 g/mol. The van der Waals surface area contributed by atoms with Gasteiger partial charge in [0.2, 0.25) is 0 Å². The van der Waals surface area contributed by atoms with Crippen LogP contribution < -0.4 is 15.2 Å². The Kier molecular flexibility index (Phi) is 4.10. The van der Waals surface area contributed by atoms with Gasteiger partial charge in [0.25, 0.3) is 0 Å². The first-order valence-corrected chi connectivity index (χ1v) is 8.28. The Labute approximate surface area is 126 Å². The van der Waals surface area contributed by atoms with Crippen molar-refractivity contribution in [3.8, 4) is 11.5 Å². The van der Waals surface area contributed by atoms with Crippen LogP contribution in [0.25, 0.3) is 0 Å². The Morgan fingerprint density at radius 3 is 2.38 bits per heavy atom. The molecule has 3 rings (SSSR count). The number of ether oxygens (including phenoxy) is 2. The lowest BCUT2D eigenvalue weighted by Crippen LogP contribution is -2.16. The van der Waals surface area contributed by atoms with Crippen LogP contribution in [0.1, 0.15) is 11.1 Å². The third-order valence-electron chi connectivity index (χ3n) is 3.29. The molecule has 0 aliphatic carbocycles. The normalized spacial score (nSPS) is 14.7. The van der Waals surface area contributed by atoms with Gasteiger partial charge >= 0.3 is 0 Å². The molecular formula is C16H17NO3S. The minimum absolute atomic E-state index is 0.414. The van der Waals surface area contributed by atoms with Crippen molar-refractivity contribution in [2.24, 2.45) is 0 Å². The number of hydrogen-bond donors (Lipinski definition) is 1. The first-order valence-electron chi connectivity index (χ1n) is 6.79. The Morgan fingerprint density at radius 1 is 1.00 bits per heavy atom. The number of fused-ring (bicyclic) bond motifs is 1. The lowest BCUT2D eigenvalue weighted by atomic mass is 10.2. The van der Waals surface area contributed by atoms with Crippen molar-refractivity contribution in [1.29, 1.82) is 0 Å². The Bertz CT molecular complexity index is 658. The average Bonchev–Trinajstić information content (AvgIpc) is 2.49. The molecule has 0 amide bonds. The van der Waals surface area contributed by atoms with Crippen molar-refractivity contribution >= 4 is 16.5 Å². The summed E-state index contributed by atoms with van der Waals surface area (Å²) in [5.41, 5.74) is 8.52. The van der Waals surface area contributed by atoms with Crippen molar-refractivity contribution in [3.63, 3.8) is 0 Å². The molecule has 0 fully saturated rings. The molecule has 1 unspecified atom stereocenters. The molecule has 0 saturated heterocycles. The van der Waals surface area contributed by atoms with Gasteiger partial charge in [-0.05, 0) is 17.2 Å². The second-order valence-corrected chi connectivity index (χ2v) is 6.37. The van der Waals surface area contributed by atoms with Gasteiger partial charge in [-0.15, -0.1) is 0 Å². The second kappa shape index (κ2) is 6.18. The monoisotopic (exact) mass is 303 g/mol. The highest BCUT2D eigenvalue weighted by Crippen LogP contribution is 2.35. The molecule has 2 N–H and O–H groups in total. The molecule has 1 aliphatic rings. The minimum atomic E-state index is -1.01. The molecule has 2 aromatic carbocycles. The maximum atomic E-state index is 12.3. The van der Waals surface area contributed by atoms with Gasteiger partial charge in [0.15, 0.2) is 11.5 Å². The van der Waals surface area contributed by atoms with Crippen LogP contribution in [0.4, 0.5) is 5.69 Å². The zero-order chi connectivity index (χ0) is 14.7. The van der Waals surface area contributed by atoms with Crippen LogP contribution in [0.15, 0.2) is 42.5 Å². The van der Waals surface area contributed by atoms with E-state index in [4.69, 9.17) is 15.2 Å². The molecule has 4 nitrogen and oxygen atoms in total. The van der Waals surface area contributed by atoms with Gasteiger partial charge in [-0.3, -0.25) is 4.21 Å². The van der Waals surface area contributed by atoms with Crippen LogP contribution in [-0.2, 0) is 22.3 Å². The van der Waals surface area contributed by atoms with Crippen LogP contribution in [0.3, 0.4) is 0 Å². The van der Waals surface area contributed by atoms with E-state index in [1.807, 2.05) is 36.4 Å². The van der Waals surface area contributed by atoms with Crippen molar-refractivity contribution in [2.45, 2.75) is 11.5 Å². The molecule has 21 heavy (non-hydrogen) atoms. The third kappa shape index (κ3) is 3.36. The summed E-state index contributed by atoms with van der Waals surface area (Å²) in [6.45, 7) is 1.06. The third-order valence-corrected chi connectivity index (χ3v) is 4.58. The van der Waals surface area contributed by atoms with Crippen LogP contribution in [0.5, 0.6) is 11.5 Å². The zero-order valence-electron chi connectivity index (χ0n) is 11.6. The van der Waals surface area contributed by atoms with Crippen LogP contribution >= 0.6 is 0 Å². The van der Waals surface area contributed by atoms with Crippen LogP contribution in [0, 0.1) is 0 Å². The van der Waals surface area contributed by atoms with Gasteiger partial charge in [-0.1, -0.05) is 30.3 Å². The van der Waals surface area contributed by atoms with E-state index in [2.05, 4.69) is 0 Å². The van der Waals surface area contributed by atoms with Gasteiger partial charge in [-0.25, -0.2) is 0 Å². The highest BCUT2D eigenvalue weighted by Gasteiger charge is 2.16. The summed E-state index contributed by atoms with van der Waals surface area (Å²) in [5.74, 6) is 2.28. The summed E-state index contributed by atoms with van der Waals surface area (Å²) < 4.78 is 23.3. The number of rotatable bonds is 4. The lowest BCUT2D eigenvalue weighted by Gasteiger charge is -2.20. The van der Waals surface area contributed by atoms with E-state index in [0.717, 1.165) is 11.1 Å². The molecule has 0 saturated carbocycles. The number of anilines is 1. The number of nitrogens with two attached hydrogens (primary N) is 1.